The van der Waals surface area contributed by atoms with Crippen LogP contribution >= 0.6 is 0 Å². The van der Waals surface area contributed by atoms with Crippen LogP contribution in [0.3, 0.4) is 0 Å². The molecule has 3 aromatic heterocycles. The number of sulfonamides is 1. The number of aryl methyl sites for hydroxylation is 3. The molecule has 14 heteroatoms. The molecule has 1 aliphatic heterocycles. The fourth-order valence-electron chi connectivity index (χ4n) is 5.87. The smallest absolute Gasteiger partial charge is 0.278 e. The van der Waals surface area contributed by atoms with Crippen molar-refractivity contribution in [3.63, 3.8) is 0 Å². The summed E-state index contributed by atoms with van der Waals surface area (Å²) in [6, 6.07) is 12.9. The predicted molar refractivity (Wildman–Crippen MR) is 168 cm³/mol. The number of nitriles is 1. The zero-order valence-corrected chi connectivity index (χ0v) is 26.9. The van der Waals surface area contributed by atoms with Crippen LogP contribution in [-0.2, 0) is 31.3 Å². The minimum absolute atomic E-state index is 0.00299. The van der Waals surface area contributed by atoms with E-state index in [1.807, 2.05) is 13.0 Å². The van der Waals surface area contributed by atoms with E-state index < -0.39 is 20.0 Å². The van der Waals surface area contributed by atoms with Gasteiger partial charge in [-0.15, -0.1) is 0 Å². The zero-order chi connectivity index (χ0) is 32.3. The molecule has 1 N–H and O–H groups in total. The van der Waals surface area contributed by atoms with Crippen molar-refractivity contribution in [1.82, 2.24) is 22.8 Å². The van der Waals surface area contributed by atoms with Crippen molar-refractivity contribution in [3.05, 3.63) is 87.2 Å². The third-order valence-electron chi connectivity index (χ3n) is 8.31. The van der Waals surface area contributed by atoms with Crippen molar-refractivity contribution in [2.75, 3.05) is 20.3 Å². The number of pyridine rings is 1. The summed E-state index contributed by atoms with van der Waals surface area (Å²) in [6.45, 7) is 6.04. The van der Waals surface area contributed by atoms with Gasteiger partial charge in [0.15, 0.2) is 5.52 Å². The quantitative estimate of drug-likeness (QED) is 0.278. The molecule has 0 radical (unpaired) electrons. The lowest BCUT2D eigenvalue weighted by Gasteiger charge is -2.23. The van der Waals surface area contributed by atoms with E-state index in [1.54, 1.807) is 48.9 Å². The monoisotopic (exact) mass is 648 g/mol. The molecule has 0 aliphatic carbocycles. The van der Waals surface area contributed by atoms with E-state index in [-0.39, 0.29) is 50.5 Å². The van der Waals surface area contributed by atoms with E-state index in [9.17, 15) is 26.9 Å². The molecule has 1 aliphatic rings. The SMILES string of the molecule is Cc1ccc(S(=O)(=O)n2c(C#N)c(C)c3cc(C)cc(S(=O)(=O)N(C)Cc4nc5c(=O)n(C6CCOCC6)ccc5[nH]4)c32)cc1. The van der Waals surface area contributed by atoms with Gasteiger partial charge in [-0.1, -0.05) is 17.7 Å². The van der Waals surface area contributed by atoms with Crippen LogP contribution in [0.2, 0.25) is 0 Å². The number of rotatable bonds is 7. The molecule has 0 saturated carbocycles. The lowest BCUT2D eigenvalue weighted by molar-refractivity contribution is 0.0688. The van der Waals surface area contributed by atoms with Gasteiger partial charge in [-0.05, 0) is 75.1 Å². The maximum atomic E-state index is 14.2. The van der Waals surface area contributed by atoms with Crippen molar-refractivity contribution in [2.24, 2.45) is 0 Å². The molecule has 234 valence electrons. The van der Waals surface area contributed by atoms with Crippen LogP contribution in [-0.4, -0.2) is 59.9 Å². The number of hydrogen-bond acceptors (Lipinski definition) is 8. The Morgan fingerprint density at radius 2 is 1.73 bits per heavy atom. The van der Waals surface area contributed by atoms with Gasteiger partial charge in [0.05, 0.1) is 22.5 Å². The number of nitrogens with one attached hydrogen (secondary N) is 1. The highest BCUT2D eigenvalue weighted by molar-refractivity contribution is 7.90. The number of aromatic nitrogens is 4. The standard InChI is InChI=1S/C31H32N6O6S2/c1-19-5-7-23(8-6-19)44(39,40)37-26(17-32)21(3)24-15-20(2)16-27(30(24)37)45(41,42)35(4)18-28-33-25-9-12-36(31(38)29(25)34-28)22-10-13-43-14-11-22/h5-9,12,15-16,22H,10-11,13-14,18H2,1-4H3,(H,33,34). The van der Waals surface area contributed by atoms with Crippen LogP contribution in [0, 0.1) is 32.1 Å². The first-order valence-electron chi connectivity index (χ1n) is 14.4. The number of H-pyrrole nitrogens is 1. The van der Waals surface area contributed by atoms with Crippen LogP contribution in [0.5, 0.6) is 0 Å². The second-order valence-corrected chi connectivity index (χ2v) is 15.2. The van der Waals surface area contributed by atoms with Gasteiger partial charge in [-0.2, -0.15) is 9.57 Å². The number of benzene rings is 2. The first-order valence-corrected chi connectivity index (χ1v) is 17.2. The van der Waals surface area contributed by atoms with Gasteiger partial charge in [0.2, 0.25) is 10.0 Å². The third-order valence-corrected chi connectivity index (χ3v) is 11.8. The molecule has 0 amide bonds. The Morgan fingerprint density at radius 1 is 1.04 bits per heavy atom. The molecule has 45 heavy (non-hydrogen) atoms. The Bertz CT molecular complexity index is 2290. The van der Waals surface area contributed by atoms with Gasteiger partial charge >= 0.3 is 0 Å². The first-order chi connectivity index (χ1) is 21.3. The van der Waals surface area contributed by atoms with E-state index >= 15 is 0 Å². The number of aromatic amines is 1. The van der Waals surface area contributed by atoms with Gasteiger partial charge in [0.25, 0.3) is 15.6 Å². The molecule has 0 atom stereocenters. The number of nitrogens with zero attached hydrogens (tertiary/aromatic N) is 5. The minimum atomic E-state index is -4.37. The van der Waals surface area contributed by atoms with Crippen molar-refractivity contribution in [2.45, 2.75) is 56.0 Å². The maximum Gasteiger partial charge on any atom is 0.278 e. The highest BCUT2D eigenvalue weighted by atomic mass is 32.2. The van der Waals surface area contributed by atoms with E-state index in [0.29, 0.717) is 48.1 Å². The molecule has 5 aromatic rings. The second kappa shape index (κ2) is 11.3. The molecule has 2 aromatic carbocycles. The Balaban J connectivity index is 1.45. The van der Waals surface area contributed by atoms with Crippen LogP contribution in [0.1, 0.15) is 47.1 Å². The normalized spacial score (nSPS) is 14.8. The summed E-state index contributed by atoms with van der Waals surface area (Å²) in [4.78, 5) is 20.5. The van der Waals surface area contributed by atoms with E-state index in [1.165, 1.54) is 25.2 Å². The Kier molecular flexibility index (Phi) is 7.68. The molecule has 4 heterocycles. The maximum absolute atomic E-state index is 14.2. The van der Waals surface area contributed by atoms with Gasteiger partial charge in [0, 0.05) is 37.9 Å². The van der Waals surface area contributed by atoms with Crippen molar-refractivity contribution >= 4 is 42.0 Å². The third kappa shape index (κ3) is 5.15. The van der Waals surface area contributed by atoms with Gasteiger partial charge in [0.1, 0.15) is 22.5 Å². The molecule has 12 nitrogen and oxygen atoms in total. The lowest BCUT2D eigenvalue weighted by Crippen LogP contribution is -2.29. The highest BCUT2D eigenvalue weighted by Crippen LogP contribution is 2.36. The average Bonchev–Trinajstić information content (AvgIpc) is 3.56. The van der Waals surface area contributed by atoms with Gasteiger partial charge in [-0.3, -0.25) is 4.79 Å². The fourth-order valence-corrected chi connectivity index (χ4v) is 8.88. The summed E-state index contributed by atoms with van der Waals surface area (Å²) in [5.74, 6) is 0.248. The van der Waals surface area contributed by atoms with Crippen LogP contribution in [0.4, 0.5) is 0 Å². The number of hydrogen-bond donors (Lipinski definition) is 1. The van der Waals surface area contributed by atoms with Crippen LogP contribution in [0.25, 0.3) is 21.9 Å². The minimum Gasteiger partial charge on any atom is -0.381 e. The summed E-state index contributed by atoms with van der Waals surface area (Å²) in [5.41, 5.74) is 1.90. The van der Waals surface area contributed by atoms with E-state index in [2.05, 4.69) is 9.97 Å². The van der Waals surface area contributed by atoms with Crippen molar-refractivity contribution in [1.29, 1.82) is 5.26 Å². The largest absolute Gasteiger partial charge is 0.381 e. The van der Waals surface area contributed by atoms with Crippen LogP contribution in [0.15, 0.2) is 63.2 Å². The topological polar surface area (TPSA) is 160 Å². The Morgan fingerprint density at radius 3 is 2.40 bits per heavy atom. The summed E-state index contributed by atoms with van der Waals surface area (Å²) in [5, 5.41) is 10.4. The number of fused-ring (bicyclic) bond motifs is 2. The number of imidazole rings is 1. The average molecular weight is 649 g/mol. The molecule has 1 saturated heterocycles. The summed E-state index contributed by atoms with van der Waals surface area (Å²) < 4.78 is 65.4. The molecule has 1 fully saturated rings. The lowest BCUT2D eigenvalue weighted by atomic mass is 10.1. The Hall–Kier alpha value is -4.29. The molecule has 0 spiro atoms. The van der Waals surface area contributed by atoms with Gasteiger partial charge in [-0.25, -0.2) is 25.8 Å². The first kappa shape index (κ1) is 30.7. The summed E-state index contributed by atoms with van der Waals surface area (Å²) >= 11 is 0. The molecule has 6 rings (SSSR count). The fraction of sp³-hybridized carbons (Fsp3) is 0.323. The molecule has 0 unspecified atom stereocenters. The summed E-state index contributed by atoms with van der Waals surface area (Å²) in [6.07, 6.45) is 3.14. The number of ether oxygens (including phenoxy) is 1. The van der Waals surface area contributed by atoms with Crippen molar-refractivity contribution in [3.8, 4) is 6.07 Å². The molecule has 0 bridgehead atoms. The van der Waals surface area contributed by atoms with E-state index in [0.717, 1.165) is 13.8 Å². The predicted octanol–water partition coefficient (Wildman–Crippen LogP) is 3.89. The zero-order valence-electron chi connectivity index (χ0n) is 25.2. The second-order valence-electron chi connectivity index (χ2n) is 11.4. The van der Waals surface area contributed by atoms with Gasteiger partial charge < -0.3 is 14.3 Å². The van der Waals surface area contributed by atoms with E-state index in [4.69, 9.17) is 4.74 Å². The summed E-state index contributed by atoms with van der Waals surface area (Å²) in [7, 11) is -7.38. The molecular weight excluding hydrogens is 617 g/mol. The highest BCUT2D eigenvalue weighted by Gasteiger charge is 2.33. The van der Waals surface area contributed by atoms with Crippen LogP contribution < -0.4 is 5.56 Å². The molecular formula is C31H32N6O6S2. The van der Waals surface area contributed by atoms with Crippen molar-refractivity contribution < 1.29 is 21.6 Å². The Labute approximate surface area is 260 Å².